The smallest absolute Gasteiger partial charge is 0.427 e. The van der Waals surface area contributed by atoms with Crippen LogP contribution in [-0.2, 0) is 9.53 Å². The van der Waals surface area contributed by atoms with E-state index in [1.54, 1.807) is 13.8 Å². The summed E-state index contributed by atoms with van der Waals surface area (Å²) in [4.78, 5) is 21.3. The van der Waals surface area contributed by atoms with Gasteiger partial charge in [0, 0.05) is 6.92 Å². The van der Waals surface area contributed by atoms with Crippen LogP contribution in [-0.4, -0.2) is 30.9 Å². The average Bonchev–Trinajstić information content (AvgIpc) is 2.12. The van der Waals surface area contributed by atoms with E-state index >= 15 is 0 Å². The molecule has 0 saturated heterocycles. The Bertz CT molecular complexity index is 238. The molecule has 0 aliphatic heterocycles. The molecule has 0 aliphatic carbocycles. The molecule has 2 N–H and O–H groups in total. The Hall–Kier alpha value is -1.59. The highest BCUT2D eigenvalue weighted by atomic mass is 16.5. The molecule has 0 saturated carbocycles. The van der Waals surface area contributed by atoms with Crippen molar-refractivity contribution in [3.63, 3.8) is 0 Å². The minimum atomic E-state index is -0.602. The number of hydrogen-bond donors (Lipinski definition) is 2. The van der Waals surface area contributed by atoms with Crippen LogP contribution in [0.1, 0.15) is 20.8 Å². The summed E-state index contributed by atoms with van der Waals surface area (Å²) in [6, 6.07) is 0. The van der Waals surface area contributed by atoms with Gasteiger partial charge < -0.3 is 10.1 Å². The second kappa shape index (κ2) is 6.88. The summed E-state index contributed by atoms with van der Waals surface area (Å²) in [5.41, 5.74) is 2.77. The summed E-state index contributed by atoms with van der Waals surface area (Å²) in [6.07, 6.45) is -0.602. The van der Waals surface area contributed by atoms with Gasteiger partial charge in [-0.3, -0.25) is 4.79 Å². The molecule has 0 heterocycles. The highest BCUT2D eigenvalue weighted by molar-refractivity contribution is 5.88. The highest BCUT2D eigenvalue weighted by Crippen LogP contribution is 1.78. The van der Waals surface area contributed by atoms with Crippen molar-refractivity contribution in [3.05, 3.63) is 0 Å². The number of hydrogen-bond acceptors (Lipinski definition) is 4. The fourth-order valence-corrected chi connectivity index (χ4v) is 0.596. The SMILES string of the molecule is CCOC(=O)NN=C(C)CNC(C)=O. The van der Waals surface area contributed by atoms with Gasteiger partial charge in [0.05, 0.1) is 18.9 Å². The molecule has 0 radical (unpaired) electrons. The van der Waals surface area contributed by atoms with E-state index in [0.717, 1.165) is 0 Å². The predicted octanol–water partition coefficient (Wildman–Crippen LogP) is 0.244. The van der Waals surface area contributed by atoms with Crippen molar-refractivity contribution in [3.8, 4) is 0 Å². The monoisotopic (exact) mass is 201 g/mol. The van der Waals surface area contributed by atoms with Crippen molar-refractivity contribution in [1.82, 2.24) is 10.7 Å². The summed E-state index contributed by atoms with van der Waals surface area (Å²) in [5.74, 6) is -0.143. The van der Waals surface area contributed by atoms with Crippen LogP contribution in [0.4, 0.5) is 4.79 Å². The van der Waals surface area contributed by atoms with Crippen LogP contribution in [0, 0.1) is 0 Å². The van der Waals surface area contributed by atoms with Crippen LogP contribution in [0.5, 0.6) is 0 Å². The Morgan fingerprint density at radius 1 is 1.36 bits per heavy atom. The number of nitrogens with one attached hydrogen (secondary N) is 2. The molecule has 0 aromatic carbocycles. The molecule has 0 fully saturated rings. The number of carbonyl (C=O) groups excluding carboxylic acids is 2. The Kier molecular flexibility index (Phi) is 6.09. The van der Waals surface area contributed by atoms with E-state index in [0.29, 0.717) is 18.9 Å². The van der Waals surface area contributed by atoms with Crippen molar-refractivity contribution < 1.29 is 14.3 Å². The molecule has 0 aliphatic rings. The van der Waals surface area contributed by atoms with Gasteiger partial charge in [0.15, 0.2) is 0 Å². The lowest BCUT2D eigenvalue weighted by molar-refractivity contribution is -0.118. The van der Waals surface area contributed by atoms with Crippen molar-refractivity contribution in [2.75, 3.05) is 13.2 Å². The summed E-state index contributed by atoms with van der Waals surface area (Å²) in [7, 11) is 0. The second-order valence-electron chi connectivity index (χ2n) is 2.59. The topological polar surface area (TPSA) is 79.8 Å². The quantitative estimate of drug-likeness (QED) is 0.505. The van der Waals surface area contributed by atoms with E-state index in [2.05, 4.69) is 20.6 Å². The number of carbonyl (C=O) groups is 2. The van der Waals surface area contributed by atoms with Crippen LogP contribution in [0.25, 0.3) is 0 Å². The summed E-state index contributed by atoms with van der Waals surface area (Å²) in [5, 5.41) is 6.23. The molecule has 0 unspecified atom stereocenters. The number of ether oxygens (including phenoxy) is 1. The lowest BCUT2D eigenvalue weighted by Gasteiger charge is -2.02. The lowest BCUT2D eigenvalue weighted by Crippen LogP contribution is -2.28. The maximum Gasteiger partial charge on any atom is 0.427 e. The molecule has 0 bridgehead atoms. The average molecular weight is 201 g/mol. The number of amides is 2. The minimum Gasteiger partial charge on any atom is -0.449 e. The first-order chi connectivity index (χ1) is 6.56. The van der Waals surface area contributed by atoms with Gasteiger partial charge in [-0.25, -0.2) is 10.2 Å². The molecular formula is C8H15N3O3. The molecule has 0 aromatic heterocycles. The molecule has 0 atom stereocenters. The van der Waals surface area contributed by atoms with Crippen molar-refractivity contribution >= 4 is 17.7 Å². The van der Waals surface area contributed by atoms with Crippen LogP contribution in [0.15, 0.2) is 5.10 Å². The van der Waals surface area contributed by atoms with Gasteiger partial charge in [-0.15, -0.1) is 0 Å². The van der Waals surface area contributed by atoms with Gasteiger partial charge in [0.1, 0.15) is 0 Å². The zero-order chi connectivity index (χ0) is 11.0. The first-order valence-corrected chi connectivity index (χ1v) is 4.26. The molecule has 2 amide bonds. The predicted molar refractivity (Wildman–Crippen MR) is 52.0 cm³/mol. The zero-order valence-corrected chi connectivity index (χ0v) is 8.59. The normalized spacial score (nSPS) is 10.6. The third kappa shape index (κ3) is 7.08. The third-order valence-corrected chi connectivity index (χ3v) is 1.21. The Morgan fingerprint density at radius 3 is 2.50 bits per heavy atom. The molecule has 0 aromatic rings. The van der Waals surface area contributed by atoms with Crippen LogP contribution >= 0.6 is 0 Å². The highest BCUT2D eigenvalue weighted by Gasteiger charge is 1.98. The van der Waals surface area contributed by atoms with Gasteiger partial charge in [0.2, 0.25) is 5.91 Å². The van der Waals surface area contributed by atoms with E-state index in [1.165, 1.54) is 6.92 Å². The zero-order valence-electron chi connectivity index (χ0n) is 8.59. The Morgan fingerprint density at radius 2 is 2.00 bits per heavy atom. The third-order valence-electron chi connectivity index (χ3n) is 1.21. The number of hydrazone groups is 1. The van der Waals surface area contributed by atoms with Gasteiger partial charge in [-0.2, -0.15) is 5.10 Å². The first-order valence-electron chi connectivity index (χ1n) is 4.26. The molecular weight excluding hydrogens is 186 g/mol. The maximum absolute atomic E-state index is 10.8. The van der Waals surface area contributed by atoms with Crippen LogP contribution < -0.4 is 10.7 Å². The Balaban J connectivity index is 3.75. The van der Waals surface area contributed by atoms with E-state index in [-0.39, 0.29) is 5.91 Å². The lowest BCUT2D eigenvalue weighted by atomic mass is 10.4. The van der Waals surface area contributed by atoms with Gasteiger partial charge in [0.25, 0.3) is 0 Å². The molecule has 0 spiro atoms. The summed E-state index contributed by atoms with van der Waals surface area (Å²) < 4.78 is 4.57. The minimum absolute atomic E-state index is 0.143. The van der Waals surface area contributed by atoms with E-state index in [4.69, 9.17) is 0 Å². The maximum atomic E-state index is 10.8. The van der Waals surface area contributed by atoms with Gasteiger partial charge in [-0.1, -0.05) is 0 Å². The van der Waals surface area contributed by atoms with Gasteiger partial charge >= 0.3 is 6.09 Å². The van der Waals surface area contributed by atoms with Crippen molar-refractivity contribution in [1.29, 1.82) is 0 Å². The van der Waals surface area contributed by atoms with E-state index in [9.17, 15) is 9.59 Å². The van der Waals surface area contributed by atoms with Crippen molar-refractivity contribution in [2.45, 2.75) is 20.8 Å². The number of nitrogens with zero attached hydrogens (tertiary/aromatic N) is 1. The van der Waals surface area contributed by atoms with Crippen LogP contribution in [0.2, 0.25) is 0 Å². The molecule has 6 heteroatoms. The summed E-state index contributed by atoms with van der Waals surface area (Å²) in [6.45, 7) is 5.40. The van der Waals surface area contributed by atoms with Crippen molar-refractivity contribution in [2.24, 2.45) is 5.10 Å². The number of rotatable bonds is 4. The molecule has 0 rings (SSSR count). The van der Waals surface area contributed by atoms with E-state index in [1.807, 2.05) is 0 Å². The van der Waals surface area contributed by atoms with Gasteiger partial charge in [-0.05, 0) is 13.8 Å². The standard InChI is InChI=1S/C8H15N3O3/c1-4-14-8(13)11-10-6(2)5-9-7(3)12/h4-5H2,1-3H3,(H,9,12)(H,11,13). The fraction of sp³-hybridized carbons (Fsp3) is 0.625. The summed E-state index contributed by atoms with van der Waals surface area (Å²) >= 11 is 0. The van der Waals surface area contributed by atoms with E-state index < -0.39 is 6.09 Å². The molecule has 14 heavy (non-hydrogen) atoms. The Labute approximate surface area is 82.7 Å². The van der Waals surface area contributed by atoms with Crippen LogP contribution in [0.3, 0.4) is 0 Å². The first kappa shape index (κ1) is 12.4. The second-order valence-corrected chi connectivity index (χ2v) is 2.59. The fourth-order valence-electron chi connectivity index (χ4n) is 0.596. The largest absolute Gasteiger partial charge is 0.449 e. The molecule has 80 valence electrons. The molecule has 6 nitrogen and oxygen atoms in total.